The molecular weight excluding hydrogens is 424 g/mol. The predicted octanol–water partition coefficient (Wildman–Crippen LogP) is 0.639. The fraction of sp³-hybridized carbons (Fsp3) is 0.320. The number of rotatable bonds is 7. The van der Waals surface area contributed by atoms with Crippen LogP contribution in [-0.2, 0) is 9.59 Å². The van der Waals surface area contributed by atoms with Crippen molar-refractivity contribution in [2.75, 3.05) is 20.7 Å². The van der Waals surface area contributed by atoms with Gasteiger partial charge < -0.3 is 25.5 Å². The quantitative estimate of drug-likeness (QED) is 0.361. The van der Waals surface area contributed by atoms with Gasteiger partial charge in [0.2, 0.25) is 0 Å². The number of nitrogens with one attached hydrogen (secondary N) is 1. The van der Waals surface area contributed by atoms with Gasteiger partial charge >= 0.3 is 0 Å². The molecule has 4 N–H and O–H groups in total. The van der Waals surface area contributed by atoms with Gasteiger partial charge in [0.15, 0.2) is 11.3 Å². The molecule has 3 atom stereocenters. The Kier molecular flexibility index (Phi) is 8.49. The fourth-order valence-corrected chi connectivity index (χ4v) is 3.14. The summed E-state index contributed by atoms with van der Waals surface area (Å²) in [5.74, 6) is 3.90. The van der Waals surface area contributed by atoms with Crippen LogP contribution in [0.2, 0.25) is 0 Å². The van der Waals surface area contributed by atoms with Crippen LogP contribution in [0.4, 0.5) is 0 Å². The summed E-state index contributed by atoms with van der Waals surface area (Å²) in [7, 11) is 2.68. The van der Waals surface area contributed by atoms with Crippen LogP contribution in [0.15, 0.2) is 48.5 Å². The number of hydrogen-bond acceptors (Lipinski definition) is 6. The summed E-state index contributed by atoms with van der Waals surface area (Å²) in [6.45, 7) is 1.91. The number of carbonyl (C=O) groups is 3. The number of ketones is 1. The number of hydrogen-bond donors (Lipinski definition) is 4. The van der Waals surface area contributed by atoms with E-state index >= 15 is 0 Å². The van der Waals surface area contributed by atoms with Crippen molar-refractivity contribution in [2.24, 2.45) is 0 Å². The molecular formula is C25H28N2O6. The van der Waals surface area contributed by atoms with E-state index in [0.29, 0.717) is 16.7 Å². The minimum Gasteiger partial charge on any atom is -0.390 e. The normalized spacial score (nSPS) is 14.2. The highest BCUT2D eigenvalue weighted by molar-refractivity contribution is 6.14. The van der Waals surface area contributed by atoms with Crippen LogP contribution >= 0.6 is 0 Å². The van der Waals surface area contributed by atoms with Crippen LogP contribution < -0.4 is 5.32 Å². The summed E-state index contributed by atoms with van der Waals surface area (Å²) in [5, 5.41) is 31.0. The summed E-state index contributed by atoms with van der Waals surface area (Å²) in [6.07, 6.45) is -1.84. The number of aliphatic hydroxyl groups is 3. The molecule has 0 radical (unpaired) electrons. The number of benzene rings is 2. The molecule has 0 fully saturated rings. The molecule has 0 saturated heterocycles. The third kappa shape index (κ3) is 5.65. The molecule has 0 spiro atoms. The SMILES string of the molecule is CNC(=O)[C@@](C)(C(=O)CO)N(C)C(=O)c1ccc(C#Cc2ccc([C@H](O)C(C)O)cc2)cc1. The number of amides is 2. The van der Waals surface area contributed by atoms with Crippen molar-refractivity contribution in [1.82, 2.24) is 10.2 Å². The fourth-order valence-electron chi connectivity index (χ4n) is 3.14. The second kappa shape index (κ2) is 10.9. The number of carbonyl (C=O) groups excluding carboxylic acids is 3. The molecule has 1 unspecified atom stereocenters. The van der Waals surface area contributed by atoms with Crippen LogP contribution in [0, 0.1) is 11.8 Å². The van der Waals surface area contributed by atoms with Crippen LogP contribution in [0.1, 0.15) is 47.0 Å². The van der Waals surface area contributed by atoms with E-state index in [1.807, 2.05) is 0 Å². The molecule has 174 valence electrons. The van der Waals surface area contributed by atoms with Gasteiger partial charge in [-0.15, -0.1) is 0 Å². The van der Waals surface area contributed by atoms with Crippen molar-refractivity contribution in [1.29, 1.82) is 0 Å². The molecule has 0 aliphatic heterocycles. The van der Waals surface area contributed by atoms with Gasteiger partial charge in [0.25, 0.3) is 11.8 Å². The Morgan fingerprint density at radius 1 is 1.00 bits per heavy atom. The van der Waals surface area contributed by atoms with Gasteiger partial charge in [-0.2, -0.15) is 0 Å². The smallest absolute Gasteiger partial charge is 0.254 e. The topological polar surface area (TPSA) is 127 Å². The van der Waals surface area contributed by atoms with Gasteiger partial charge in [-0.3, -0.25) is 14.4 Å². The Morgan fingerprint density at radius 3 is 1.91 bits per heavy atom. The Hall–Kier alpha value is -3.51. The highest BCUT2D eigenvalue weighted by Crippen LogP contribution is 2.19. The van der Waals surface area contributed by atoms with Crippen molar-refractivity contribution >= 4 is 17.6 Å². The molecule has 0 aliphatic rings. The largest absolute Gasteiger partial charge is 0.390 e. The molecule has 8 heteroatoms. The molecule has 0 saturated carbocycles. The first kappa shape index (κ1) is 25.7. The Balaban J connectivity index is 2.19. The summed E-state index contributed by atoms with van der Waals surface area (Å²) in [4.78, 5) is 38.4. The molecule has 8 nitrogen and oxygen atoms in total. The van der Waals surface area contributed by atoms with Gasteiger partial charge in [0, 0.05) is 30.8 Å². The van der Waals surface area contributed by atoms with Gasteiger partial charge in [-0.25, -0.2) is 0 Å². The maximum absolute atomic E-state index is 12.9. The van der Waals surface area contributed by atoms with Crippen molar-refractivity contribution in [3.8, 4) is 11.8 Å². The Bertz CT molecular complexity index is 1050. The van der Waals surface area contributed by atoms with Crippen molar-refractivity contribution in [2.45, 2.75) is 31.6 Å². The number of aliphatic hydroxyl groups excluding tert-OH is 3. The first-order chi connectivity index (χ1) is 15.6. The average Bonchev–Trinajstić information content (AvgIpc) is 2.84. The lowest BCUT2D eigenvalue weighted by atomic mass is 9.92. The van der Waals surface area contributed by atoms with Gasteiger partial charge in [0.1, 0.15) is 12.7 Å². The zero-order valence-corrected chi connectivity index (χ0v) is 19.0. The molecule has 0 aromatic heterocycles. The van der Waals surface area contributed by atoms with E-state index in [0.717, 1.165) is 4.90 Å². The van der Waals surface area contributed by atoms with Crippen LogP contribution in [0.5, 0.6) is 0 Å². The maximum Gasteiger partial charge on any atom is 0.254 e. The van der Waals surface area contributed by atoms with Crippen LogP contribution in [0.3, 0.4) is 0 Å². The van der Waals surface area contributed by atoms with Crippen molar-refractivity contribution in [3.05, 3.63) is 70.8 Å². The van der Waals surface area contributed by atoms with Gasteiger partial charge in [-0.1, -0.05) is 24.0 Å². The van der Waals surface area contributed by atoms with Crippen molar-refractivity contribution in [3.63, 3.8) is 0 Å². The van der Waals surface area contributed by atoms with Crippen LogP contribution in [0.25, 0.3) is 0 Å². The minimum absolute atomic E-state index is 0.250. The molecule has 0 bridgehead atoms. The Labute approximate surface area is 192 Å². The summed E-state index contributed by atoms with van der Waals surface area (Å²) in [5.41, 5.74) is 0.335. The molecule has 33 heavy (non-hydrogen) atoms. The predicted molar refractivity (Wildman–Crippen MR) is 122 cm³/mol. The minimum atomic E-state index is -1.85. The van der Waals surface area contributed by atoms with E-state index in [4.69, 9.17) is 0 Å². The third-order valence-corrected chi connectivity index (χ3v) is 5.52. The Morgan fingerprint density at radius 2 is 1.48 bits per heavy atom. The van der Waals surface area contributed by atoms with E-state index in [9.17, 15) is 29.7 Å². The van der Waals surface area contributed by atoms with E-state index in [-0.39, 0.29) is 5.56 Å². The lowest BCUT2D eigenvalue weighted by Crippen LogP contribution is -2.62. The first-order valence-electron chi connectivity index (χ1n) is 10.3. The third-order valence-electron chi connectivity index (χ3n) is 5.52. The zero-order chi connectivity index (χ0) is 24.8. The zero-order valence-electron chi connectivity index (χ0n) is 19.0. The van der Waals surface area contributed by atoms with E-state index in [1.54, 1.807) is 48.5 Å². The highest BCUT2D eigenvalue weighted by atomic mass is 16.3. The molecule has 0 heterocycles. The number of likely N-dealkylation sites (N-methyl/N-ethyl adjacent to an activating group) is 2. The highest BCUT2D eigenvalue weighted by Gasteiger charge is 2.46. The second-order valence-corrected chi connectivity index (χ2v) is 7.73. The molecule has 2 aromatic carbocycles. The molecule has 0 aliphatic carbocycles. The summed E-state index contributed by atoms with van der Waals surface area (Å²) in [6, 6.07) is 13.2. The molecule has 2 amide bonds. The first-order valence-corrected chi connectivity index (χ1v) is 10.3. The van der Waals surface area contributed by atoms with Crippen molar-refractivity contribution < 1.29 is 29.7 Å². The van der Waals surface area contributed by atoms with E-state index < -0.39 is 42.0 Å². The summed E-state index contributed by atoms with van der Waals surface area (Å²) >= 11 is 0. The van der Waals surface area contributed by atoms with E-state index in [2.05, 4.69) is 17.2 Å². The number of Topliss-reactive ketones (excluding diaryl/α,β-unsaturated/α-hetero) is 1. The number of nitrogens with zero attached hydrogens (tertiary/aromatic N) is 1. The van der Waals surface area contributed by atoms with Gasteiger partial charge in [-0.05, 0) is 55.8 Å². The molecule has 2 rings (SSSR count). The maximum atomic E-state index is 12.9. The second-order valence-electron chi connectivity index (χ2n) is 7.73. The van der Waals surface area contributed by atoms with E-state index in [1.165, 1.54) is 27.9 Å². The van der Waals surface area contributed by atoms with Gasteiger partial charge in [0.05, 0.1) is 6.10 Å². The van der Waals surface area contributed by atoms with Crippen LogP contribution in [-0.4, -0.2) is 70.2 Å². The molecule has 2 aromatic rings. The lowest BCUT2D eigenvalue weighted by molar-refractivity contribution is -0.143. The lowest BCUT2D eigenvalue weighted by Gasteiger charge is -2.35. The average molecular weight is 453 g/mol. The standard InChI is InChI=1S/C25H28N2O6/c1-16(29)22(31)19-11-7-17(8-12-19)5-6-18-9-13-20(14-10-18)23(32)27(4)25(2,21(30)15-28)24(33)26-3/h7-14,16,22,28-29,31H,15H2,1-4H3,(H,26,33)/t16?,22-,25-/m1/s1. The summed E-state index contributed by atoms with van der Waals surface area (Å²) < 4.78 is 0. The monoisotopic (exact) mass is 452 g/mol.